The Morgan fingerprint density at radius 3 is 1.96 bits per heavy atom. The molecule has 6 N–H and O–H groups in total. The first-order valence-electron chi connectivity index (χ1n) is 19.8. The highest BCUT2D eigenvalue weighted by Crippen LogP contribution is 2.49. The smallest absolute Gasteiger partial charge is 0.223 e. The lowest BCUT2D eigenvalue weighted by molar-refractivity contribution is -0.127. The van der Waals surface area contributed by atoms with Crippen molar-refractivity contribution in [2.45, 2.75) is 89.4 Å². The lowest BCUT2D eigenvalue weighted by Crippen LogP contribution is -2.52. The summed E-state index contributed by atoms with van der Waals surface area (Å²) in [7, 11) is 0. The highest BCUT2D eigenvalue weighted by atomic mass is 16.3. The first kappa shape index (κ1) is 34.4. The van der Waals surface area contributed by atoms with E-state index in [-0.39, 0.29) is 40.8 Å². The summed E-state index contributed by atoms with van der Waals surface area (Å²) in [5.74, 6) is -0.0686. The zero-order valence-electron chi connectivity index (χ0n) is 31.0. The molecule has 278 valence electrons. The van der Waals surface area contributed by atoms with E-state index < -0.39 is 11.3 Å². The van der Waals surface area contributed by atoms with Gasteiger partial charge in [-0.3, -0.25) is 19.4 Å². The van der Waals surface area contributed by atoms with Gasteiger partial charge in [0.15, 0.2) is 0 Å². The number of allylic oxidation sites excluding steroid dienone is 2. The van der Waals surface area contributed by atoms with Crippen LogP contribution in [0.25, 0.3) is 32.7 Å². The monoisotopic (exact) mass is 724 g/mol. The minimum absolute atomic E-state index is 0.0223. The SMILES string of the molecule is CCCNC(=O)C1CCC2(CC1)N=c1c(=C3C(=O)C(c4ccc5cccc6c5c4NC4(CCC(C(=O)NCCC)CC4)N6)=C3O)ccc3cccc(c13)N2. The van der Waals surface area contributed by atoms with Gasteiger partial charge in [-0.1, -0.05) is 62.4 Å². The predicted molar refractivity (Wildman–Crippen MR) is 213 cm³/mol. The Kier molecular flexibility index (Phi) is 8.39. The van der Waals surface area contributed by atoms with Gasteiger partial charge in [0, 0.05) is 57.9 Å². The summed E-state index contributed by atoms with van der Waals surface area (Å²) in [4.78, 5) is 45.5. The van der Waals surface area contributed by atoms with Gasteiger partial charge in [0.1, 0.15) is 17.1 Å². The molecule has 10 nitrogen and oxygen atoms in total. The van der Waals surface area contributed by atoms with Crippen molar-refractivity contribution in [1.82, 2.24) is 10.6 Å². The molecule has 10 heteroatoms. The Bertz CT molecular complexity index is 2400. The number of anilines is 3. The largest absolute Gasteiger partial charge is 0.506 e. The first-order valence-corrected chi connectivity index (χ1v) is 19.8. The maximum atomic E-state index is 14.5. The van der Waals surface area contributed by atoms with Crippen LogP contribution < -0.4 is 37.2 Å². The van der Waals surface area contributed by atoms with Crippen LogP contribution in [0.3, 0.4) is 0 Å². The molecule has 2 saturated carbocycles. The minimum Gasteiger partial charge on any atom is -0.506 e. The molecule has 54 heavy (non-hydrogen) atoms. The van der Waals surface area contributed by atoms with Gasteiger partial charge in [-0.15, -0.1) is 0 Å². The minimum atomic E-state index is -0.603. The number of carbonyl (C=O) groups is 3. The maximum absolute atomic E-state index is 14.5. The molecule has 4 aromatic rings. The fourth-order valence-corrected chi connectivity index (χ4v) is 9.53. The number of Topliss-reactive ketones (excluding diaryl/α,β-unsaturated/α-hetero) is 1. The average molecular weight is 725 g/mol. The number of nitrogens with zero attached hydrogens (tertiary/aromatic N) is 1. The third kappa shape index (κ3) is 5.52. The third-order valence-electron chi connectivity index (χ3n) is 12.5. The topological polar surface area (TPSA) is 144 Å². The van der Waals surface area contributed by atoms with Gasteiger partial charge < -0.3 is 31.7 Å². The summed E-state index contributed by atoms with van der Waals surface area (Å²) >= 11 is 0. The number of rotatable bonds is 7. The van der Waals surface area contributed by atoms with Gasteiger partial charge in [-0.2, -0.15) is 0 Å². The number of ketones is 1. The van der Waals surface area contributed by atoms with E-state index in [0.717, 1.165) is 77.1 Å². The molecule has 0 saturated heterocycles. The van der Waals surface area contributed by atoms with E-state index in [1.807, 2.05) is 42.5 Å². The molecule has 9 rings (SSSR count). The molecule has 2 amide bonds. The predicted octanol–water partition coefficient (Wildman–Crippen LogP) is 6.40. The third-order valence-corrected chi connectivity index (χ3v) is 12.5. The number of aliphatic hydroxyl groups is 1. The zero-order valence-corrected chi connectivity index (χ0v) is 31.0. The zero-order chi connectivity index (χ0) is 37.2. The van der Waals surface area contributed by atoms with E-state index in [0.29, 0.717) is 60.5 Å². The molecule has 0 unspecified atom stereocenters. The molecular formula is C44H48N6O4. The summed E-state index contributed by atoms with van der Waals surface area (Å²) < 4.78 is 0. The van der Waals surface area contributed by atoms with Crippen LogP contribution in [-0.4, -0.2) is 47.1 Å². The molecule has 5 aliphatic rings. The highest BCUT2D eigenvalue weighted by molar-refractivity contribution is 6.52. The summed E-state index contributed by atoms with van der Waals surface area (Å²) in [6, 6.07) is 20.2. The Labute approximate surface area is 314 Å². The van der Waals surface area contributed by atoms with Crippen LogP contribution in [0.1, 0.15) is 83.6 Å². The van der Waals surface area contributed by atoms with Crippen molar-refractivity contribution >= 4 is 67.4 Å². The Morgan fingerprint density at radius 1 is 0.741 bits per heavy atom. The van der Waals surface area contributed by atoms with E-state index in [1.54, 1.807) is 0 Å². The van der Waals surface area contributed by atoms with Crippen molar-refractivity contribution in [2.75, 3.05) is 29.0 Å². The number of aliphatic hydroxyl groups excluding tert-OH is 1. The van der Waals surface area contributed by atoms with E-state index in [9.17, 15) is 19.5 Å². The van der Waals surface area contributed by atoms with Gasteiger partial charge in [0.05, 0.1) is 22.2 Å². The van der Waals surface area contributed by atoms with Crippen LogP contribution >= 0.6 is 0 Å². The van der Waals surface area contributed by atoms with E-state index in [4.69, 9.17) is 4.99 Å². The van der Waals surface area contributed by atoms with Crippen molar-refractivity contribution < 1.29 is 19.5 Å². The quantitative estimate of drug-likeness (QED) is 0.129. The number of hydrogen-bond donors (Lipinski definition) is 6. The molecule has 2 spiro atoms. The number of amides is 2. The van der Waals surface area contributed by atoms with Crippen molar-refractivity contribution in [1.29, 1.82) is 0 Å². The van der Waals surface area contributed by atoms with Crippen molar-refractivity contribution in [2.24, 2.45) is 16.8 Å². The molecule has 2 aliphatic heterocycles. The van der Waals surface area contributed by atoms with Gasteiger partial charge in [0.25, 0.3) is 0 Å². The molecule has 2 fully saturated rings. The Morgan fingerprint density at radius 2 is 1.33 bits per heavy atom. The van der Waals surface area contributed by atoms with E-state index in [2.05, 4.69) is 58.6 Å². The van der Waals surface area contributed by atoms with Gasteiger partial charge in [-0.05, 0) is 87.1 Å². The molecule has 0 aromatic heterocycles. The molecular weight excluding hydrogens is 677 g/mol. The fraction of sp³-hybridized carbons (Fsp3) is 0.409. The average Bonchev–Trinajstić information content (AvgIpc) is 3.18. The van der Waals surface area contributed by atoms with Crippen LogP contribution in [-0.2, 0) is 14.4 Å². The molecule has 0 bridgehead atoms. The van der Waals surface area contributed by atoms with Gasteiger partial charge in [0.2, 0.25) is 17.6 Å². The summed E-state index contributed by atoms with van der Waals surface area (Å²) in [6.45, 7) is 5.49. The molecule has 2 heterocycles. The standard InChI is InChI=1S/C44H48N6O4/c1-3-23-45-41(53)27-15-19-43(20-16-27)47-31-9-5-7-25-11-13-29(37(49-43)33(25)31)35-39(51)36(40(35)52)30-14-12-26-8-6-10-32-34(26)38(30)50-44(48-32)21-17-28(18-22-44)42(54)46-24-4-2/h5-14,27-28,47-49,51H,3-4,15-24H2,1-2H3,(H,45,53)(H,46,54). The molecule has 0 radical (unpaired) electrons. The Hall–Kier alpha value is -5.38. The van der Waals surface area contributed by atoms with Gasteiger partial charge in [-0.25, -0.2) is 0 Å². The Balaban J connectivity index is 1.11. The van der Waals surface area contributed by atoms with Crippen LogP contribution in [0.5, 0.6) is 0 Å². The maximum Gasteiger partial charge on any atom is 0.223 e. The number of benzene rings is 4. The number of carbonyl (C=O) groups excluding carboxylic acids is 3. The van der Waals surface area contributed by atoms with E-state index >= 15 is 0 Å². The number of nitrogens with one attached hydrogen (secondary N) is 5. The summed E-state index contributed by atoms with van der Waals surface area (Å²) in [6.07, 6.45) is 7.58. The lowest BCUT2D eigenvalue weighted by atomic mass is 9.77. The fourth-order valence-electron chi connectivity index (χ4n) is 9.53. The first-order chi connectivity index (χ1) is 26.2. The normalized spacial score (nSPS) is 26.4. The van der Waals surface area contributed by atoms with Crippen LogP contribution in [0.2, 0.25) is 0 Å². The van der Waals surface area contributed by atoms with Crippen molar-refractivity contribution in [3.05, 3.63) is 82.6 Å². The highest BCUT2D eigenvalue weighted by Gasteiger charge is 2.44. The van der Waals surface area contributed by atoms with Crippen LogP contribution in [0.15, 0.2) is 71.4 Å². The molecule has 3 aliphatic carbocycles. The van der Waals surface area contributed by atoms with Crippen LogP contribution in [0, 0.1) is 11.8 Å². The second kappa shape index (κ2) is 13.2. The second-order valence-electron chi connectivity index (χ2n) is 15.9. The number of hydrogen-bond acceptors (Lipinski definition) is 8. The lowest BCUT2D eigenvalue weighted by Gasteiger charge is -2.46. The van der Waals surface area contributed by atoms with Crippen molar-refractivity contribution in [3.8, 4) is 0 Å². The van der Waals surface area contributed by atoms with Gasteiger partial charge >= 0.3 is 0 Å². The van der Waals surface area contributed by atoms with E-state index in [1.165, 1.54) is 0 Å². The molecule has 0 atom stereocenters. The molecule has 4 aromatic carbocycles. The summed E-state index contributed by atoms with van der Waals surface area (Å²) in [5, 5.41) is 34.7. The second-order valence-corrected chi connectivity index (χ2v) is 15.9. The van der Waals surface area contributed by atoms with Crippen molar-refractivity contribution in [3.63, 3.8) is 0 Å². The van der Waals surface area contributed by atoms with Crippen LogP contribution in [0.4, 0.5) is 17.1 Å². The summed E-state index contributed by atoms with van der Waals surface area (Å²) in [5.41, 5.74) is 2.94.